The predicted octanol–water partition coefficient (Wildman–Crippen LogP) is 11.9. The van der Waals surface area contributed by atoms with Gasteiger partial charge in [-0.3, -0.25) is 0 Å². The molecule has 0 saturated carbocycles. The molecule has 0 heterocycles. The van der Waals surface area contributed by atoms with E-state index >= 15 is 0 Å². The second-order valence-corrected chi connectivity index (χ2v) is 15.6. The van der Waals surface area contributed by atoms with Gasteiger partial charge in [0.1, 0.15) is 0 Å². The van der Waals surface area contributed by atoms with E-state index in [9.17, 15) is 0 Å². The minimum absolute atomic E-state index is 0.656. The van der Waals surface area contributed by atoms with Crippen LogP contribution in [0.25, 0.3) is 0 Å². The maximum absolute atomic E-state index is 6.22. The normalized spacial score (nSPS) is 17.8. The molecule has 0 rings (SSSR count). The van der Waals surface area contributed by atoms with E-state index in [1.807, 2.05) is 0 Å². The Morgan fingerprint density at radius 2 is 0.683 bits per heavy atom. The van der Waals surface area contributed by atoms with Crippen LogP contribution in [-0.2, 0) is 0 Å². The van der Waals surface area contributed by atoms with Crippen molar-refractivity contribution in [1.29, 1.82) is 0 Å². The third-order valence-corrected chi connectivity index (χ3v) is 11.6. The summed E-state index contributed by atoms with van der Waals surface area (Å²) in [6.45, 7) is 24.1. The lowest BCUT2D eigenvalue weighted by molar-refractivity contribution is -1.02. The van der Waals surface area contributed by atoms with Crippen molar-refractivity contribution >= 4 is 58.3 Å². The first-order chi connectivity index (χ1) is 19.6. The van der Waals surface area contributed by atoms with E-state index in [2.05, 4.69) is 55.4 Å². The molecule has 0 N–H and O–H groups in total. The van der Waals surface area contributed by atoms with Crippen LogP contribution in [0, 0.1) is 23.7 Å². The molecule has 0 fully saturated rings. The Bertz CT molecular complexity index is 591. The lowest BCUT2D eigenvalue weighted by atomic mass is 9.93. The molecule has 0 amide bonds. The van der Waals surface area contributed by atoms with Gasteiger partial charge in [-0.05, 0) is 75.8 Å². The first-order valence-electron chi connectivity index (χ1n) is 17.8. The van der Waals surface area contributed by atoms with Crippen molar-refractivity contribution < 1.29 is 8.97 Å². The summed E-state index contributed by atoms with van der Waals surface area (Å²) in [7, 11) is 0. The van der Waals surface area contributed by atoms with Crippen molar-refractivity contribution in [2.45, 2.75) is 158 Å². The summed E-state index contributed by atoms with van der Waals surface area (Å²) in [4.78, 5) is 0. The molecule has 244 valence electrons. The predicted molar refractivity (Wildman–Crippen MR) is 201 cm³/mol. The van der Waals surface area contributed by atoms with Crippen LogP contribution < -0.4 is 0 Å². The summed E-state index contributed by atoms with van der Waals surface area (Å²) in [6.07, 6.45) is 20.1. The fourth-order valence-corrected chi connectivity index (χ4v) is 7.84. The summed E-state index contributed by atoms with van der Waals surface area (Å²) in [5.74, 6) is 2.62. The van der Waals surface area contributed by atoms with Gasteiger partial charge in [-0.1, -0.05) is 132 Å². The van der Waals surface area contributed by atoms with E-state index in [0.717, 1.165) is 50.5 Å². The van der Waals surface area contributed by atoms with E-state index in [-0.39, 0.29) is 0 Å². The molecule has 4 atom stereocenters. The number of thiol groups is 2. The van der Waals surface area contributed by atoms with Crippen molar-refractivity contribution in [3.8, 4) is 0 Å². The van der Waals surface area contributed by atoms with E-state index in [0.29, 0.717) is 23.7 Å². The molecule has 41 heavy (non-hydrogen) atoms. The Morgan fingerprint density at radius 3 is 0.829 bits per heavy atom. The molecule has 0 aromatic carbocycles. The second-order valence-electron chi connectivity index (χ2n) is 13.4. The Morgan fingerprint density at radius 1 is 0.463 bits per heavy atom. The van der Waals surface area contributed by atoms with Gasteiger partial charge in [0.25, 0.3) is 0 Å². The number of hydrogen-bond acceptors (Lipinski definition) is 2. The molecule has 0 aliphatic heterocycles. The summed E-state index contributed by atoms with van der Waals surface area (Å²) < 4.78 is 3.39. The topological polar surface area (TPSA) is 0 Å². The number of quaternary nitrogens is 2. The van der Waals surface area contributed by atoms with Crippen LogP contribution in [0.5, 0.6) is 0 Å². The molecule has 0 aliphatic carbocycles. The van der Waals surface area contributed by atoms with Crippen LogP contribution in [0.2, 0.25) is 0 Å². The highest BCUT2D eigenvalue weighted by Gasteiger charge is 2.48. The van der Waals surface area contributed by atoms with Gasteiger partial charge in [0.2, 0.25) is 15.3 Å². The highest BCUT2D eigenvalue weighted by Crippen LogP contribution is 2.34. The Hall–Kier alpha value is 0.800. The molecule has 2 nitrogen and oxygen atoms in total. The molecule has 0 saturated heterocycles. The summed E-state index contributed by atoms with van der Waals surface area (Å²) in [5, 5.41) is 0. The summed E-state index contributed by atoms with van der Waals surface area (Å²) in [6, 6.07) is 0. The monoisotopic (exact) mass is 648 g/mol. The number of unbranched alkanes of at least 4 members (excludes halogenated alkanes) is 4. The molecular weight excluding hydrogens is 577 g/mol. The Balaban J connectivity index is 7.01. The number of thiocarbonyl (C=S) groups is 2. The minimum atomic E-state index is 0.656. The average Bonchev–Trinajstić information content (AvgIpc) is 2.96. The average molecular weight is 649 g/mol. The highest BCUT2D eigenvalue weighted by atomic mass is 32.1. The van der Waals surface area contributed by atoms with Crippen molar-refractivity contribution in [1.82, 2.24) is 0 Å². The van der Waals surface area contributed by atoms with Gasteiger partial charge in [0.15, 0.2) is 0 Å². The number of rotatable bonds is 26. The molecule has 4 unspecified atom stereocenters. The van der Waals surface area contributed by atoms with Gasteiger partial charge >= 0.3 is 0 Å². The van der Waals surface area contributed by atoms with Gasteiger partial charge < -0.3 is 0 Å². The van der Waals surface area contributed by atoms with E-state index in [4.69, 9.17) is 49.7 Å². The van der Waals surface area contributed by atoms with Crippen LogP contribution in [0.3, 0.4) is 0 Å². The Labute approximate surface area is 280 Å². The van der Waals surface area contributed by atoms with Crippen LogP contribution in [0.15, 0.2) is 0 Å². The van der Waals surface area contributed by atoms with Crippen molar-refractivity contribution in [3.05, 3.63) is 0 Å². The Kier molecular flexibility index (Phi) is 24.6. The smallest absolute Gasteiger partial charge is 0.229 e. The van der Waals surface area contributed by atoms with Gasteiger partial charge in [-0.15, -0.1) is 0 Å². The van der Waals surface area contributed by atoms with Gasteiger partial charge in [-0.25, -0.2) is 8.97 Å². The quantitative estimate of drug-likeness (QED) is 0.0414. The van der Waals surface area contributed by atoms with Crippen LogP contribution in [-0.4, -0.2) is 50.5 Å². The first-order valence-corrected chi connectivity index (χ1v) is 19.5. The molecule has 0 aromatic rings. The van der Waals surface area contributed by atoms with Crippen molar-refractivity contribution in [3.63, 3.8) is 0 Å². The summed E-state index contributed by atoms with van der Waals surface area (Å²) >= 11 is 22.7. The van der Waals surface area contributed by atoms with Gasteiger partial charge in [0.05, 0.1) is 26.2 Å². The lowest BCUT2D eigenvalue weighted by Gasteiger charge is -2.49. The minimum Gasteiger partial charge on any atom is -0.229 e. The molecule has 0 spiro atoms. The summed E-state index contributed by atoms with van der Waals surface area (Å²) in [5.41, 5.74) is 0. The maximum Gasteiger partial charge on any atom is 0.235 e. The number of hydrogen-bond donors (Lipinski definition) is 2. The third-order valence-electron chi connectivity index (χ3n) is 9.96. The van der Waals surface area contributed by atoms with Crippen LogP contribution in [0.1, 0.15) is 158 Å². The van der Waals surface area contributed by atoms with Crippen molar-refractivity contribution in [2.75, 3.05) is 32.8 Å². The van der Waals surface area contributed by atoms with Gasteiger partial charge in [-0.2, -0.15) is 0 Å². The van der Waals surface area contributed by atoms with E-state index in [1.54, 1.807) is 0 Å². The van der Waals surface area contributed by atoms with E-state index in [1.165, 1.54) is 103 Å². The fourth-order valence-electron chi connectivity index (χ4n) is 6.98. The first kappa shape index (κ1) is 41.8. The molecular formula is C35H72N2S4+2. The largest absolute Gasteiger partial charge is 0.235 e. The molecule has 6 heteroatoms. The molecule has 0 bridgehead atoms. The van der Waals surface area contributed by atoms with Crippen LogP contribution in [0.4, 0.5) is 0 Å². The molecule has 0 aromatic heterocycles. The second kappa shape index (κ2) is 24.1. The zero-order chi connectivity index (χ0) is 31.3. The van der Waals surface area contributed by atoms with Crippen LogP contribution >= 0.6 is 49.7 Å². The number of nitrogens with zero attached hydrogens (tertiary/aromatic N) is 2. The maximum atomic E-state index is 6.22. The van der Waals surface area contributed by atoms with Crippen molar-refractivity contribution in [2.24, 2.45) is 23.7 Å². The lowest BCUT2D eigenvalue weighted by Crippen LogP contribution is -2.68. The van der Waals surface area contributed by atoms with E-state index < -0.39 is 0 Å². The van der Waals surface area contributed by atoms with Gasteiger partial charge in [0, 0.05) is 23.7 Å². The zero-order valence-corrected chi connectivity index (χ0v) is 32.2. The SMILES string of the molecule is CCCCC(CC)C[N+](CC(CC)CCCC)(C[N+](CC(CC)CCCC)(CC(CC)CCCC)C(=S)S)C(=S)S. The third kappa shape index (κ3) is 15.6. The highest BCUT2D eigenvalue weighted by molar-refractivity contribution is 8.10. The fraction of sp³-hybridized carbons (Fsp3) is 0.943. The molecule has 0 aliphatic rings. The molecule has 0 radical (unpaired) electrons. The zero-order valence-electron chi connectivity index (χ0n) is 28.8. The standard InChI is InChI=1S/C35H70N2S4/c1-9-17-21-30(13-5)25-36(34(38)39,26-31(14-6)22-18-10-2)29-37(35(40)41,27-32(15-7)23-19-11-3)28-33(16-8)24-20-12-4/h30-33H,9-29H2,1-8H3/p+2.